The third-order valence-corrected chi connectivity index (χ3v) is 11.0. The molecule has 7 heteroatoms. The van der Waals surface area contributed by atoms with Gasteiger partial charge in [0.25, 0.3) is 0 Å². The van der Waals surface area contributed by atoms with Gasteiger partial charge >= 0.3 is 0 Å². The van der Waals surface area contributed by atoms with Crippen LogP contribution in [0.25, 0.3) is 28.0 Å². The van der Waals surface area contributed by atoms with E-state index >= 15 is 0 Å². The fourth-order valence-electron chi connectivity index (χ4n) is 7.12. The van der Waals surface area contributed by atoms with Crippen LogP contribution >= 0.6 is 0 Å². The van der Waals surface area contributed by atoms with Crippen LogP contribution in [0.2, 0.25) is 0 Å². The molecule has 0 radical (unpaired) electrons. The Morgan fingerprint density at radius 1 is 0.708 bits per heavy atom. The predicted molar refractivity (Wildman–Crippen MR) is 195 cm³/mol. The lowest BCUT2D eigenvalue weighted by molar-refractivity contribution is -0.131. The number of carbonyl (C=O) groups excluding carboxylic acids is 2. The van der Waals surface area contributed by atoms with Crippen LogP contribution < -0.4 is 10.6 Å². The lowest BCUT2D eigenvalue weighted by atomic mass is 9.63. The van der Waals surface area contributed by atoms with Crippen molar-refractivity contribution in [1.82, 2.24) is 20.6 Å². The number of H-pyrrole nitrogens is 1. The van der Waals surface area contributed by atoms with Crippen molar-refractivity contribution in [1.29, 1.82) is 0 Å². The summed E-state index contributed by atoms with van der Waals surface area (Å²) in [6.45, 7) is 16.3. The van der Waals surface area contributed by atoms with Gasteiger partial charge in [-0.05, 0) is 64.3 Å². The van der Waals surface area contributed by atoms with Crippen molar-refractivity contribution in [2.24, 2.45) is 26.7 Å². The fourth-order valence-corrected chi connectivity index (χ4v) is 7.12. The molecule has 7 nitrogen and oxygen atoms in total. The molecule has 48 heavy (non-hydrogen) atoms. The molecule has 2 aliphatic carbocycles. The third-order valence-electron chi connectivity index (χ3n) is 11.0. The molecule has 2 heterocycles. The van der Waals surface area contributed by atoms with E-state index in [9.17, 15) is 9.59 Å². The molecule has 2 aromatic carbocycles. The number of carbonyl (C=O) groups is 2. The summed E-state index contributed by atoms with van der Waals surface area (Å²) >= 11 is 0. The molecule has 0 spiro atoms. The molecule has 2 amide bonds. The first kappa shape index (κ1) is 33.9. The Morgan fingerprint density at radius 2 is 1.17 bits per heavy atom. The van der Waals surface area contributed by atoms with E-state index in [2.05, 4.69) is 78.0 Å². The zero-order valence-corrected chi connectivity index (χ0v) is 30.1. The van der Waals surface area contributed by atoms with E-state index in [1.807, 2.05) is 53.9 Å². The molecule has 1 aliphatic heterocycles. The molecule has 0 bridgehead atoms. The molecule has 1 aromatic heterocycles. The van der Waals surface area contributed by atoms with E-state index in [-0.39, 0.29) is 34.7 Å². The molecule has 2 fully saturated rings. The molecule has 2 saturated carbocycles. The number of amides is 2. The highest BCUT2D eigenvalue weighted by molar-refractivity contribution is 6.04. The molecule has 0 saturated heterocycles. The lowest BCUT2D eigenvalue weighted by Crippen LogP contribution is -2.56. The van der Waals surface area contributed by atoms with Crippen molar-refractivity contribution in [2.45, 2.75) is 112 Å². The quantitative estimate of drug-likeness (QED) is 0.216. The summed E-state index contributed by atoms with van der Waals surface area (Å²) in [6, 6.07) is 17.1. The molecule has 0 unspecified atom stereocenters. The summed E-state index contributed by atoms with van der Waals surface area (Å²) in [5.74, 6) is 0.947. The second kappa shape index (κ2) is 12.5. The van der Waals surface area contributed by atoms with Gasteiger partial charge in [-0.2, -0.15) is 0 Å². The normalized spacial score (nSPS) is 19.7. The van der Waals surface area contributed by atoms with Crippen LogP contribution in [0.3, 0.4) is 0 Å². The number of aromatic nitrogens is 2. The van der Waals surface area contributed by atoms with E-state index in [0.29, 0.717) is 0 Å². The molecule has 3 N–H and O–H groups in total. The number of aromatic amines is 1. The number of hydrogen-bond donors (Lipinski definition) is 3. The van der Waals surface area contributed by atoms with Crippen LogP contribution in [0.5, 0.6) is 0 Å². The Balaban J connectivity index is 1.12. The Kier molecular flexibility index (Phi) is 8.80. The van der Waals surface area contributed by atoms with Gasteiger partial charge in [-0.1, -0.05) is 117 Å². The minimum atomic E-state index is -0.464. The van der Waals surface area contributed by atoms with Crippen molar-refractivity contribution < 1.29 is 9.59 Å². The summed E-state index contributed by atoms with van der Waals surface area (Å²) in [5.41, 5.74) is 6.88. The molecule has 2 atom stereocenters. The number of imidazole rings is 1. The maximum Gasteiger partial charge on any atom is 0.225 e. The van der Waals surface area contributed by atoms with Crippen molar-refractivity contribution in [3.05, 3.63) is 72.3 Å². The highest BCUT2D eigenvalue weighted by Crippen LogP contribution is 2.50. The average Bonchev–Trinajstić information content (AvgIpc) is 3.70. The second-order valence-electron chi connectivity index (χ2n) is 17.1. The average molecular weight is 648 g/mol. The third kappa shape index (κ3) is 6.79. The molecule has 254 valence electrons. The van der Waals surface area contributed by atoms with Crippen molar-refractivity contribution in [3.63, 3.8) is 0 Å². The standard InChI is InChI=1S/C41H53N5O2/c1-38(2,3)36(47)45-33(40(7)19-9-20-40)31-23-30(24-42-31)28-13-11-26(12-14-28)27-15-17-29(18-16-27)32-25-43-35(44-32)34(41(8)21-10-22-41)46-37(48)39(4,5)6/h11-18,24-25,33-34H,9-10,19-23H2,1-8H3,(H,43,44)(H,45,47)(H,46,48)/t33-,34-/m1/s1. The number of rotatable bonds is 9. The minimum Gasteiger partial charge on any atom is -0.347 e. The molecule has 6 rings (SSSR count). The lowest BCUT2D eigenvalue weighted by Gasteiger charge is -2.46. The van der Waals surface area contributed by atoms with Gasteiger partial charge < -0.3 is 15.6 Å². The van der Waals surface area contributed by atoms with E-state index in [0.717, 1.165) is 71.6 Å². The first-order chi connectivity index (χ1) is 22.6. The minimum absolute atomic E-state index is 0.00688. The molecule has 3 aliphatic rings. The maximum atomic E-state index is 13.0. The number of allylic oxidation sites excluding steroid dienone is 1. The zero-order valence-electron chi connectivity index (χ0n) is 30.1. The van der Waals surface area contributed by atoms with Gasteiger partial charge in [0.15, 0.2) is 0 Å². The van der Waals surface area contributed by atoms with Crippen molar-refractivity contribution >= 4 is 23.1 Å². The number of hydrogen-bond acceptors (Lipinski definition) is 4. The number of nitrogens with zero attached hydrogens (tertiary/aromatic N) is 2. The van der Waals surface area contributed by atoms with Crippen molar-refractivity contribution in [3.8, 4) is 22.4 Å². The monoisotopic (exact) mass is 647 g/mol. The van der Waals surface area contributed by atoms with Crippen molar-refractivity contribution in [2.75, 3.05) is 0 Å². The highest BCUT2D eigenvalue weighted by atomic mass is 16.2. The Bertz CT molecular complexity index is 1720. The first-order valence-corrected chi connectivity index (χ1v) is 17.7. The Hall–Kier alpha value is -4.00. The fraction of sp³-hybridized carbons (Fsp3) is 0.512. The number of aliphatic imine (C=N–C) groups is 1. The number of benzene rings is 2. The van der Waals surface area contributed by atoms with Crippen LogP contribution in [0, 0.1) is 21.7 Å². The SMILES string of the molecule is CC(C)(C)C(=O)N[C@H](C1=NC=C(c2ccc(-c3ccc(-c4cnc([C@@H](NC(=O)C(C)(C)C)C5(C)CCC5)[nH]4)cc3)cc2)C1)C1(C)CCC1. The summed E-state index contributed by atoms with van der Waals surface area (Å²) in [7, 11) is 0. The van der Waals surface area contributed by atoms with Gasteiger partial charge in [-0.15, -0.1) is 0 Å². The molecular formula is C41H53N5O2. The van der Waals surface area contributed by atoms with Crippen LogP contribution in [0.1, 0.15) is 118 Å². The number of nitrogens with one attached hydrogen (secondary N) is 3. The van der Waals surface area contributed by atoms with E-state index in [4.69, 9.17) is 9.98 Å². The Labute approximate surface area is 286 Å². The topological polar surface area (TPSA) is 99.2 Å². The van der Waals surface area contributed by atoms with E-state index in [1.165, 1.54) is 18.4 Å². The van der Waals surface area contributed by atoms with Gasteiger partial charge in [0, 0.05) is 29.2 Å². The Morgan fingerprint density at radius 3 is 1.65 bits per heavy atom. The summed E-state index contributed by atoms with van der Waals surface area (Å²) in [5, 5.41) is 6.67. The van der Waals surface area contributed by atoms with Crippen LogP contribution in [-0.2, 0) is 9.59 Å². The summed E-state index contributed by atoms with van der Waals surface area (Å²) in [4.78, 5) is 39.1. The van der Waals surface area contributed by atoms with E-state index < -0.39 is 10.8 Å². The van der Waals surface area contributed by atoms with Crippen LogP contribution in [0.15, 0.2) is 65.9 Å². The van der Waals surface area contributed by atoms with Crippen LogP contribution in [-0.4, -0.2) is 33.5 Å². The smallest absolute Gasteiger partial charge is 0.225 e. The maximum absolute atomic E-state index is 13.0. The predicted octanol–water partition coefficient (Wildman–Crippen LogP) is 9.04. The summed E-state index contributed by atoms with van der Waals surface area (Å²) in [6.07, 6.45) is 11.4. The van der Waals surface area contributed by atoms with Gasteiger partial charge in [0.2, 0.25) is 11.8 Å². The van der Waals surface area contributed by atoms with Gasteiger partial charge in [-0.25, -0.2) is 4.98 Å². The highest BCUT2D eigenvalue weighted by Gasteiger charge is 2.45. The van der Waals surface area contributed by atoms with Crippen LogP contribution in [0.4, 0.5) is 0 Å². The van der Waals surface area contributed by atoms with Gasteiger partial charge in [0.05, 0.1) is 24.0 Å². The largest absolute Gasteiger partial charge is 0.347 e. The van der Waals surface area contributed by atoms with E-state index in [1.54, 1.807) is 0 Å². The molecule has 3 aromatic rings. The zero-order chi connectivity index (χ0) is 34.5. The summed E-state index contributed by atoms with van der Waals surface area (Å²) < 4.78 is 0. The first-order valence-electron chi connectivity index (χ1n) is 17.7. The molecular weight excluding hydrogens is 594 g/mol. The van der Waals surface area contributed by atoms with Gasteiger partial charge in [0.1, 0.15) is 5.82 Å². The second-order valence-corrected chi connectivity index (χ2v) is 17.1. The van der Waals surface area contributed by atoms with Gasteiger partial charge in [-0.3, -0.25) is 14.6 Å².